The van der Waals surface area contributed by atoms with Crippen LogP contribution in [0.15, 0.2) is 264 Å². The zero-order chi connectivity index (χ0) is 72.1. The van der Waals surface area contributed by atoms with E-state index in [1.165, 1.54) is 65.7 Å². The highest BCUT2D eigenvalue weighted by atomic mass is 79.9. The first-order chi connectivity index (χ1) is 50.1. The lowest BCUT2D eigenvalue weighted by molar-refractivity contribution is 0.00578. The van der Waals surface area contributed by atoms with Gasteiger partial charge in [0.25, 0.3) is 0 Å². The predicted octanol–water partition coefficient (Wildman–Crippen LogP) is 23.5. The number of aryl methyl sites for hydroxylation is 2. The zero-order valence-corrected chi connectivity index (χ0v) is 63.6. The molecule has 14 heteroatoms. The lowest BCUT2D eigenvalue weighted by Crippen LogP contribution is -2.41. The Bertz CT molecular complexity index is 5950. The number of halogens is 2. The van der Waals surface area contributed by atoms with Gasteiger partial charge >= 0.3 is 14.2 Å². The van der Waals surface area contributed by atoms with Gasteiger partial charge in [-0.25, -0.2) is 9.97 Å². The Kier molecular flexibility index (Phi) is 19.6. The Labute approximate surface area is 638 Å². The van der Waals surface area contributed by atoms with Gasteiger partial charge < -0.3 is 37.2 Å². The van der Waals surface area contributed by atoms with Crippen molar-refractivity contribution in [1.29, 1.82) is 0 Å². The maximum Gasteiger partial charge on any atom is 0.494 e. The van der Waals surface area contributed by atoms with Crippen molar-refractivity contribution in [3.05, 3.63) is 264 Å². The molecular formula is C92H86B2Br2N4O6. The molecule has 0 spiro atoms. The molecule has 2 aromatic heterocycles. The molecule has 0 radical (unpaired) electrons. The molecule has 0 amide bonds. The highest BCUT2D eigenvalue weighted by Crippen LogP contribution is 2.47. The lowest BCUT2D eigenvalue weighted by atomic mass is 9.74. The molecule has 2 aliphatic heterocycles. The quantitative estimate of drug-likeness (QED) is 0.104. The smallest absolute Gasteiger partial charge is 0.494 e. The van der Waals surface area contributed by atoms with Crippen LogP contribution in [-0.4, -0.2) is 70.0 Å². The second-order valence-electron chi connectivity index (χ2n) is 29.2. The van der Waals surface area contributed by atoms with Crippen LogP contribution in [-0.2, 0) is 32.7 Å². The molecule has 4 heterocycles. The molecule has 14 aromatic carbocycles. The maximum absolute atomic E-state index is 6.10. The molecule has 0 aliphatic carbocycles. The summed E-state index contributed by atoms with van der Waals surface area (Å²) in [7, 11) is 7.00. The Morgan fingerprint density at radius 3 is 1.05 bits per heavy atom. The van der Waals surface area contributed by atoms with E-state index in [0.717, 1.165) is 109 Å². The van der Waals surface area contributed by atoms with Crippen LogP contribution in [0, 0.1) is 0 Å². The molecule has 16 aromatic rings. The van der Waals surface area contributed by atoms with Crippen molar-refractivity contribution in [2.24, 2.45) is 14.1 Å². The van der Waals surface area contributed by atoms with Crippen LogP contribution in [0.3, 0.4) is 0 Å². The number of nitrogens with zero attached hydrogens (tertiary/aromatic N) is 4. The summed E-state index contributed by atoms with van der Waals surface area (Å²) < 4.78 is 42.7. The average Bonchev–Trinajstić information content (AvgIpc) is 1.56. The van der Waals surface area contributed by atoms with Crippen molar-refractivity contribution in [3.8, 4) is 67.7 Å². The van der Waals surface area contributed by atoms with Crippen molar-refractivity contribution in [2.45, 2.75) is 92.6 Å². The van der Waals surface area contributed by atoms with Crippen LogP contribution < -0.4 is 20.4 Å². The normalized spacial score (nSPS) is 14.8. The largest absolute Gasteiger partial charge is 0.496 e. The molecule has 0 N–H and O–H groups in total. The van der Waals surface area contributed by atoms with Gasteiger partial charge in [0.05, 0.1) is 69.8 Å². The first kappa shape index (κ1) is 73.0. The van der Waals surface area contributed by atoms with Gasteiger partial charge in [-0.2, -0.15) is 0 Å². The Balaban J connectivity index is 0.000000141. The van der Waals surface area contributed by atoms with Gasteiger partial charge in [0.15, 0.2) is 0 Å². The topological polar surface area (TPSA) is 91.0 Å². The fourth-order valence-electron chi connectivity index (χ4n) is 14.8. The van der Waals surface area contributed by atoms with Crippen LogP contribution in [0.2, 0.25) is 0 Å². The van der Waals surface area contributed by atoms with Gasteiger partial charge in [0, 0.05) is 44.6 Å². The Morgan fingerprint density at radius 1 is 0.321 bits per heavy atom. The number of aromatic nitrogens is 4. The van der Waals surface area contributed by atoms with Crippen LogP contribution >= 0.6 is 31.9 Å². The first-order valence-electron chi connectivity index (χ1n) is 35.3. The second-order valence-corrected chi connectivity index (χ2v) is 31.0. The van der Waals surface area contributed by atoms with Gasteiger partial charge in [0.2, 0.25) is 0 Å². The van der Waals surface area contributed by atoms with Crippen molar-refractivity contribution in [1.82, 2.24) is 19.1 Å². The fourth-order valence-corrected chi connectivity index (χ4v) is 15.6. The van der Waals surface area contributed by atoms with Crippen molar-refractivity contribution < 1.29 is 28.1 Å². The highest BCUT2D eigenvalue weighted by Gasteiger charge is 2.53. The molecule has 106 heavy (non-hydrogen) atoms. The number of hydrogen-bond acceptors (Lipinski definition) is 8. The first-order valence-corrected chi connectivity index (χ1v) is 36.9. The molecule has 0 bridgehead atoms. The van der Waals surface area contributed by atoms with E-state index < -0.39 is 0 Å². The van der Waals surface area contributed by atoms with Crippen LogP contribution in [0.4, 0.5) is 0 Å². The summed E-state index contributed by atoms with van der Waals surface area (Å²) in [4.78, 5) is 10.7. The molecule has 0 saturated carbocycles. The van der Waals surface area contributed by atoms with Gasteiger partial charge in [-0.05, 0) is 191 Å². The van der Waals surface area contributed by atoms with Crippen molar-refractivity contribution in [3.63, 3.8) is 0 Å². The van der Waals surface area contributed by atoms with Crippen molar-refractivity contribution >= 4 is 144 Å². The number of methoxy groups -OCH3 is 2. The second kappa shape index (κ2) is 28.4. The van der Waals surface area contributed by atoms with E-state index >= 15 is 0 Å². The van der Waals surface area contributed by atoms with Gasteiger partial charge in [-0.15, -0.1) is 0 Å². The van der Waals surface area contributed by atoms with Gasteiger partial charge in [0.1, 0.15) is 23.1 Å². The third-order valence-corrected chi connectivity index (χ3v) is 22.9. The molecule has 10 nitrogen and oxygen atoms in total. The minimum atomic E-state index is -0.345. The predicted molar refractivity (Wildman–Crippen MR) is 453 cm³/mol. The number of ether oxygens (including phenoxy) is 2. The van der Waals surface area contributed by atoms with Gasteiger partial charge in [-0.3, -0.25) is 0 Å². The number of benzene rings is 14. The molecule has 530 valence electrons. The number of rotatable bonds is 9. The average molecular weight is 1530 g/mol. The fraction of sp³-hybridized carbons (Fsp3) is 0.196. The minimum absolute atomic E-state index is 0. The number of imidazole rings is 2. The summed E-state index contributed by atoms with van der Waals surface area (Å²) in [6, 6.07) is 89.8. The maximum atomic E-state index is 6.10. The number of hydrogen-bond donors (Lipinski definition) is 0. The third-order valence-electron chi connectivity index (χ3n) is 21.9. The summed E-state index contributed by atoms with van der Waals surface area (Å²) in [6.07, 6.45) is 0. The summed E-state index contributed by atoms with van der Waals surface area (Å²) in [5.74, 6) is 3.40. The molecular weight excluding hydrogens is 1440 g/mol. The van der Waals surface area contributed by atoms with Crippen LogP contribution in [0.5, 0.6) is 11.5 Å². The molecule has 2 saturated heterocycles. The van der Waals surface area contributed by atoms with Gasteiger partial charge in [-0.1, -0.05) is 253 Å². The summed E-state index contributed by atoms with van der Waals surface area (Å²) >= 11 is 7.33. The van der Waals surface area contributed by atoms with Crippen LogP contribution in [0.25, 0.3) is 143 Å². The summed E-state index contributed by atoms with van der Waals surface area (Å²) in [5, 5.41) is 14.0. The highest BCUT2D eigenvalue weighted by molar-refractivity contribution is 9.10. The SMILES string of the molecule is C.C.CC1(C)OB(c2ccc(B3OC(C)(C)C(C)(C)O3)cc2)OC1(C)C.COc1ccc2ccccc2c1-c1nc2c3cc(-c4ccccc4)ccc3c3ccc(-c4ccc(-c5ccccc5)cc4)cc3c2n1C.COc1ccc2ccccc2c1-c1nc2c3cc(Br)ccc3c3ccc(Br)cc3c2n1C. The number of fused-ring (bicyclic) bond motifs is 14. The summed E-state index contributed by atoms with van der Waals surface area (Å²) in [6.45, 7) is 16.5. The molecule has 0 atom stereocenters. The van der Waals surface area contributed by atoms with E-state index in [2.05, 4.69) is 335 Å². The third kappa shape index (κ3) is 12.8. The molecule has 2 aliphatic rings. The van der Waals surface area contributed by atoms with E-state index in [1.807, 2.05) is 30.3 Å². The van der Waals surface area contributed by atoms with E-state index in [-0.39, 0.29) is 51.5 Å². The standard InChI is InChI=1S/C45H32N2O.C27H18Br2N2O.C18H28B2O4.2CH4/c1-47-44-40-28-35(32-19-17-31(18-20-32)29-11-5-3-6-12-29)22-25-38(40)37-24-21-34(30-13-7-4-8-14-30)27-39(37)43(44)46-45(47)42-36-16-10-9-15-33(36)23-26-41(42)48-2;1-31-26-22-14-17(29)9-11-20(22)19-10-8-16(28)13-21(19)25(26)30-27(31)24-18-6-4-3-5-15(18)7-12-23(24)32-2;1-15(2)16(3,4)22-19(21-15)13-9-11-14(12-10-13)20-23-17(5,6)18(7,8)24-20;;/h3-28H,1-2H3;3-14H,1-2H3;9-12H,1-8H3;2*1H4. The Morgan fingerprint density at radius 2 is 0.632 bits per heavy atom. The zero-order valence-electron chi connectivity index (χ0n) is 60.4. The van der Waals surface area contributed by atoms with E-state index in [1.54, 1.807) is 14.2 Å². The lowest BCUT2D eigenvalue weighted by Gasteiger charge is -2.32. The summed E-state index contributed by atoms with van der Waals surface area (Å²) in [5.41, 5.74) is 14.0. The van der Waals surface area contributed by atoms with E-state index in [4.69, 9.17) is 38.1 Å². The van der Waals surface area contributed by atoms with E-state index in [0.29, 0.717) is 0 Å². The molecule has 18 rings (SSSR count). The van der Waals surface area contributed by atoms with Crippen LogP contribution in [0.1, 0.15) is 70.2 Å². The minimum Gasteiger partial charge on any atom is -0.496 e. The Hall–Kier alpha value is -9.89. The molecule has 2 fully saturated rings. The van der Waals surface area contributed by atoms with Crippen molar-refractivity contribution in [2.75, 3.05) is 14.2 Å². The van der Waals surface area contributed by atoms with E-state index in [9.17, 15) is 0 Å². The molecule has 0 unspecified atom stereocenters. The monoisotopic (exact) mass is 1520 g/mol.